The molecule has 0 aliphatic rings. The summed E-state index contributed by atoms with van der Waals surface area (Å²) in [6.07, 6.45) is 0.638. The van der Waals surface area contributed by atoms with E-state index in [-0.39, 0.29) is 30.7 Å². The number of benzene rings is 2. The van der Waals surface area contributed by atoms with Gasteiger partial charge in [-0.15, -0.1) is 0 Å². The van der Waals surface area contributed by atoms with Crippen molar-refractivity contribution in [3.63, 3.8) is 0 Å². The summed E-state index contributed by atoms with van der Waals surface area (Å²) in [4.78, 5) is 35.6. The van der Waals surface area contributed by atoms with Crippen LogP contribution in [0.5, 0.6) is 0 Å². The average Bonchev–Trinajstić information content (AvgIpc) is 2.63. The molecule has 0 aliphatic heterocycles. The van der Waals surface area contributed by atoms with Crippen molar-refractivity contribution in [2.45, 2.75) is 26.7 Å². The lowest BCUT2D eigenvalue weighted by molar-refractivity contribution is -0.117. The molecule has 6 nitrogen and oxygen atoms in total. The van der Waals surface area contributed by atoms with Gasteiger partial charge in [0.2, 0.25) is 11.8 Å². The van der Waals surface area contributed by atoms with Gasteiger partial charge in [0.1, 0.15) is 0 Å². The third-order valence-corrected chi connectivity index (χ3v) is 3.72. The van der Waals surface area contributed by atoms with E-state index >= 15 is 0 Å². The predicted octanol–water partition coefficient (Wildman–Crippen LogP) is 3.43. The van der Waals surface area contributed by atoms with Crippen LogP contribution in [0.2, 0.25) is 0 Å². The highest BCUT2D eigenvalue weighted by molar-refractivity contribution is 5.95. The van der Waals surface area contributed by atoms with Crippen LogP contribution >= 0.6 is 0 Å². The number of hydrogen-bond acceptors (Lipinski definition) is 3. The molecule has 2 rings (SSSR count). The SMILES string of the molecule is CC(C)CC(=O)Nc1ccc(NC(=O)CCNC(=O)c2ccccc2)cc1. The highest BCUT2D eigenvalue weighted by atomic mass is 16.2. The van der Waals surface area contributed by atoms with E-state index in [1.807, 2.05) is 19.9 Å². The number of amides is 3. The number of carbonyl (C=O) groups is 3. The molecule has 0 aromatic heterocycles. The van der Waals surface area contributed by atoms with Crippen LogP contribution in [0.4, 0.5) is 11.4 Å². The maximum absolute atomic E-state index is 12.0. The zero-order chi connectivity index (χ0) is 19.6. The van der Waals surface area contributed by atoms with Crippen molar-refractivity contribution in [1.29, 1.82) is 0 Å². The Hall–Kier alpha value is -3.15. The first-order valence-electron chi connectivity index (χ1n) is 8.97. The van der Waals surface area contributed by atoms with E-state index < -0.39 is 0 Å². The van der Waals surface area contributed by atoms with Gasteiger partial charge < -0.3 is 16.0 Å². The van der Waals surface area contributed by atoms with Gasteiger partial charge in [-0.1, -0.05) is 32.0 Å². The molecule has 0 atom stereocenters. The second-order valence-corrected chi connectivity index (χ2v) is 6.64. The van der Waals surface area contributed by atoms with Gasteiger partial charge in [-0.05, 0) is 42.3 Å². The van der Waals surface area contributed by atoms with E-state index in [1.165, 1.54) is 0 Å². The fourth-order valence-corrected chi connectivity index (χ4v) is 2.42. The summed E-state index contributed by atoms with van der Waals surface area (Å²) in [5, 5.41) is 8.30. The van der Waals surface area contributed by atoms with E-state index in [1.54, 1.807) is 48.5 Å². The fraction of sp³-hybridized carbons (Fsp3) is 0.286. The molecule has 0 fully saturated rings. The largest absolute Gasteiger partial charge is 0.352 e. The summed E-state index contributed by atoms with van der Waals surface area (Å²) in [7, 11) is 0. The van der Waals surface area contributed by atoms with Gasteiger partial charge in [0.05, 0.1) is 0 Å². The number of rotatable bonds is 8. The van der Waals surface area contributed by atoms with Crippen molar-refractivity contribution in [2.75, 3.05) is 17.2 Å². The quantitative estimate of drug-likeness (QED) is 0.668. The average molecular weight is 367 g/mol. The Morgan fingerprint density at radius 3 is 1.93 bits per heavy atom. The fourth-order valence-electron chi connectivity index (χ4n) is 2.42. The molecule has 0 saturated heterocycles. The summed E-state index contributed by atoms with van der Waals surface area (Å²) >= 11 is 0. The van der Waals surface area contributed by atoms with Crippen LogP contribution < -0.4 is 16.0 Å². The smallest absolute Gasteiger partial charge is 0.251 e. The molecule has 0 saturated carbocycles. The first kappa shape index (κ1) is 20.2. The normalized spacial score (nSPS) is 10.3. The molecule has 0 unspecified atom stereocenters. The first-order valence-corrected chi connectivity index (χ1v) is 8.97. The highest BCUT2D eigenvalue weighted by Crippen LogP contribution is 2.14. The van der Waals surface area contributed by atoms with Crippen molar-refractivity contribution < 1.29 is 14.4 Å². The maximum Gasteiger partial charge on any atom is 0.251 e. The second kappa shape index (κ2) is 10.1. The first-order chi connectivity index (χ1) is 12.9. The van der Waals surface area contributed by atoms with Crippen LogP contribution in [0.15, 0.2) is 54.6 Å². The summed E-state index contributed by atoms with van der Waals surface area (Å²) in [5.74, 6) is -0.133. The van der Waals surface area contributed by atoms with Gasteiger partial charge >= 0.3 is 0 Å². The zero-order valence-electron chi connectivity index (χ0n) is 15.6. The molecule has 0 radical (unpaired) electrons. The highest BCUT2D eigenvalue weighted by Gasteiger charge is 2.08. The van der Waals surface area contributed by atoms with Crippen LogP contribution in [0.3, 0.4) is 0 Å². The van der Waals surface area contributed by atoms with Crippen molar-refractivity contribution in [2.24, 2.45) is 5.92 Å². The molecule has 0 aliphatic carbocycles. The molecule has 6 heteroatoms. The Labute approximate surface area is 159 Å². The molecule has 0 bridgehead atoms. The third kappa shape index (κ3) is 7.32. The lowest BCUT2D eigenvalue weighted by Crippen LogP contribution is -2.27. The van der Waals surface area contributed by atoms with Gasteiger partial charge in [0.25, 0.3) is 5.91 Å². The lowest BCUT2D eigenvalue weighted by atomic mass is 10.1. The molecule has 3 N–H and O–H groups in total. The predicted molar refractivity (Wildman–Crippen MR) is 107 cm³/mol. The minimum Gasteiger partial charge on any atom is -0.352 e. The Morgan fingerprint density at radius 1 is 0.815 bits per heavy atom. The minimum absolute atomic E-state index is 0.0315. The van der Waals surface area contributed by atoms with Gasteiger partial charge in [0.15, 0.2) is 0 Å². The van der Waals surface area contributed by atoms with Crippen molar-refractivity contribution in [3.8, 4) is 0 Å². The number of nitrogens with one attached hydrogen (secondary N) is 3. The number of hydrogen-bond donors (Lipinski definition) is 3. The molecule has 142 valence electrons. The molecule has 0 heterocycles. The van der Waals surface area contributed by atoms with E-state index in [0.29, 0.717) is 29.3 Å². The number of anilines is 2. The van der Waals surface area contributed by atoms with Crippen molar-refractivity contribution in [3.05, 3.63) is 60.2 Å². The van der Waals surface area contributed by atoms with Gasteiger partial charge in [0, 0.05) is 36.3 Å². The molecule has 0 spiro atoms. The molecule has 2 aromatic carbocycles. The van der Waals surface area contributed by atoms with Crippen LogP contribution in [0, 0.1) is 5.92 Å². The van der Waals surface area contributed by atoms with Crippen LogP contribution in [0.1, 0.15) is 37.0 Å². The Kier molecular flexibility index (Phi) is 7.55. The van der Waals surface area contributed by atoms with Gasteiger partial charge in [-0.2, -0.15) is 0 Å². The summed E-state index contributed by atoms with van der Waals surface area (Å²) in [6, 6.07) is 15.8. The molecule has 2 aromatic rings. The van der Waals surface area contributed by atoms with E-state index in [0.717, 1.165) is 0 Å². The van der Waals surface area contributed by atoms with Crippen LogP contribution in [-0.2, 0) is 9.59 Å². The van der Waals surface area contributed by atoms with Crippen LogP contribution in [-0.4, -0.2) is 24.3 Å². The Morgan fingerprint density at radius 2 is 1.37 bits per heavy atom. The topological polar surface area (TPSA) is 87.3 Å². The summed E-state index contributed by atoms with van der Waals surface area (Å²) in [5.41, 5.74) is 1.89. The minimum atomic E-state index is -0.204. The number of carbonyl (C=O) groups excluding carboxylic acids is 3. The van der Waals surface area contributed by atoms with Crippen molar-refractivity contribution >= 4 is 29.1 Å². The molecule has 27 heavy (non-hydrogen) atoms. The van der Waals surface area contributed by atoms with Gasteiger partial charge in [-0.3, -0.25) is 14.4 Å². The lowest BCUT2D eigenvalue weighted by Gasteiger charge is -2.09. The van der Waals surface area contributed by atoms with Crippen molar-refractivity contribution in [1.82, 2.24) is 5.32 Å². The van der Waals surface area contributed by atoms with E-state index in [4.69, 9.17) is 0 Å². The monoisotopic (exact) mass is 367 g/mol. The third-order valence-electron chi connectivity index (χ3n) is 3.72. The van der Waals surface area contributed by atoms with E-state index in [2.05, 4.69) is 16.0 Å². The summed E-state index contributed by atoms with van der Waals surface area (Å²) < 4.78 is 0. The van der Waals surface area contributed by atoms with E-state index in [9.17, 15) is 14.4 Å². The summed E-state index contributed by atoms with van der Waals surface area (Å²) in [6.45, 7) is 4.23. The second-order valence-electron chi connectivity index (χ2n) is 6.64. The van der Waals surface area contributed by atoms with Gasteiger partial charge in [-0.25, -0.2) is 0 Å². The maximum atomic E-state index is 12.0. The van der Waals surface area contributed by atoms with Crippen LogP contribution in [0.25, 0.3) is 0 Å². The Balaban J connectivity index is 1.74. The molecular weight excluding hydrogens is 342 g/mol. The molecular formula is C21H25N3O3. The zero-order valence-corrected chi connectivity index (χ0v) is 15.6. The Bertz CT molecular complexity index is 771. The standard InChI is InChI=1S/C21H25N3O3/c1-15(2)14-20(26)24-18-10-8-17(9-11-18)23-19(25)12-13-22-21(27)16-6-4-3-5-7-16/h3-11,15H,12-14H2,1-2H3,(H,22,27)(H,23,25)(H,24,26). The molecule has 3 amide bonds.